The summed E-state index contributed by atoms with van der Waals surface area (Å²) in [7, 11) is 0. The first-order chi connectivity index (χ1) is 10.8. The number of ether oxygens (including phenoxy) is 1. The zero-order chi connectivity index (χ0) is 16.8. The summed E-state index contributed by atoms with van der Waals surface area (Å²) in [5, 5.41) is 5.40. The number of H-pyrrole nitrogens is 1. The Hall–Kier alpha value is -1.33. The second kappa shape index (κ2) is 5.95. The number of benzene rings is 1. The van der Waals surface area contributed by atoms with E-state index in [-0.39, 0.29) is 23.5 Å². The van der Waals surface area contributed by atoms with Crippen molar-refractivity contribution < 1.29 is 9.53 Å². The molecule has 2 aromatic rings. The molecule has 5 heteroatoms. The number of halogens is 1. The first kappa shape index (κ1) is 16.5. The SMILES string of the molecule is CC(C)OC(=O)c1cccc2[nH]c3c(c12)C(C)(C)CNC3CBr. The van der Waals surface area contributed by atoms with E-state index in [1.807, 2.05) is 32.0 Å². The molecule has 1 unspecified atom stereocenters. The second-order valence-electron chi connectivity index (χ2n) is 7.07. The van der Waals surface area contributed by atoms with Gasteiger partial charge in [0.05, 0.1) is 17.7 Å². The van der Waals surface area contributed by atoms with E-state index in [9.17, 15) is 4.79 Å². The molecule has 1 atom stereocenters. The zero-order valence-corrected chi connectivity index (χ0v) is 15.6. The first-order valence-corrected chi connectivity index (χ1v) is 9.12. The minimum absolute atomic E-state index is 0.0551. The Morgan fingerprint density at radius 3 is 2.83 bits per heavy atom. The fraction of sp³-hybridized carbons (Fsp3) is 0.500. The number of aromatic amines is 1. The van der Waals surface area contributed by atoms with Gasteiger partial charge in [-0.2, -0.15) is 0 Å². The van der Waals surface area contributed by atoms with E-state index in [1.54, 1.807) is 0 Å². The normalized spacial score (nSPS) is 19.8. The molecule has 4 nitrogen and oxygen atoms in total. The molecule has 0 spiro atoms. The molecule has 0 aliphatic carbocycles. The molecule has 0 bridgehead atoms. The predicted molar refractivity (Wildman–Crippen MR) is 96.4 cm³/mol. The lowest BCUT2D eigenvalue weighted by Gasteiger charge is -2.35. The minimum atomic E-state index is -0.253. The van der Waals surface area contributed by atoms with Crippen molar-refractivity contribution in [2.45, 2.75) is 45.3 Å². The summed E-state index contributed by atoms with van der Waals surface area (Å²) in [4.78, 5) is 16.1. The number of hydrogen-bond acceptors (Lipinski definition) is 3. The summed E-state index contributed by atoms with van der Waals surface area (Å²) in [5.74, 6) is -0.253. The number of nitrogens with one attached hydrogen (secondary N) is 2. The molecule has 2 N–H and O–H groups in total. The van der Waals surface area contributed by atoms with Gasteiger partial charge in [-0.3, -0.25) is 0 Å². The van der Waals surface area contributed by atoms with Crippen LogP contribution in [-0.4, -0.2) is 28.9 Å². The van der Waals surface area contributed by atoms with E-state index < -0.39 is 0 Å². The van der Waals surface area contributed by atoms with Gasteiger partial charge >= 0.3 is 5.97 Å². The molecule has 0 radical (unpaired) electrons. The van der Waals surface area contributed by atoms with Crippen LogP contribution in [0.5, 0.6) is 0 Å². The van der Waals surface area contributed by atoms with Crippen LogP contribution >= 0.6 is 15.9 Å². The van der Waals surface area contributed by atoms with E-state index in [0.29, 0.717) is 5.56 Å². The highest BCUT2D eigenvalue weighted by molar-refractivity contribution is 9.09. The van der Waals surface area contributed by atoms with Gasteiger partial charge in [-0.1, -0.05) is 35.8 Å². The Morgan fingerprint density at radius 2 is 2.17 bits per heavy atom. The Morgan fingerprint density at radius 1 is 1.43 bits per heavy atom. The van der Waals surface area contributed by atoms with Gasteiger partial charge in [0.15, 0.2) is 0 Å². The first-order valence-electron chi connectivity index (χ1n) is 8.00. The van der Waals surface area contributed by atoms with Crippen molar-refractivity contribution in [2.75, 3.05) is 11.9 Å². The fourth-order valence-corrected chi connectivity index (χ4v) is 3.93. The van der Waals surface area contributed by atoms with Crippen molar-refractivity contribution in [3.8, 4) is 0 Å². The van der Waals surface area contributed by atoms with Gasteiger partial charge in [-0.05, 0) is 31.5 Å². The van der Waals surface area contributed by atoms with Gasteiger partial charge < -0.3 is 15.0 Å². The molecule has 0 amide bonds. The average molecular weight is 379 g/mol. The summed E-state index contributed by atoms with van der Waals surface area (Å²) in [5.41, 5.74) is 3.98. The van der Waals surface area contributed by atoms with E-state index in [2.05, 4.69) is 40.1 Å². The van der Waals surface area contributed by atoms with E-state index in [4.69, 9.17) is 4.74 Å². The predicted octanol–water partition coefficient (Wildman–Crippen LogP) is 4.05. The van der Waals surface area contributed by atoms with Crippen molar-refractivity contribution in [1.29, 1.82) is 0 Å². The van der Waals surface area contributed by atoms with Crippen LogP contribution in [0.4, 0.5) is 0 Å². The molecule has 124 valence electrons. The molecule has 1 aromatic carbocycles. The maximum Gasteiger partial charge on any atom is 0.339 e. The van der Waals surface area contributed by atoms with Gasteiger partial charge in [-0.15, -0.1) is 0 Å². The topological polar surface area (TPSA) is 54.1 Å². The van der Waals surface area contributed by atoms with E-state index >= 15 is 0 Å². The third-order valence-corrected chi connectivity index (χ3v) is 5.03. The maximum atomic E-state index is 12.6. The lowest BCUT2D eigenvalue weighted by atomic mass is 9.78. The Kier molecular flexibility index (Phi) is 4.27. The number of rotatable bonds is 3. The lowest BCUT2D eigenvalue weighted by molar-refractivity contribution is 0.0380. The number of esters is 1. The zero-order valence-electron chi connectivity index (χ0n) is 14.0. The molecule has 2 heterocycles. The number of alkyl halides is 1. The highest BCUT2D eigenvalue weighted by Crippen LogP contribution is 2.41. The van der Waals surface area contributed by atoms with Gasteiger partial charge in [-0.25, -0.2) is 4.79 Å². The molecular weight excluding hydrogens is 356 g/mol. The standard InChI is InChI=1S/C18H23BrN2O2/c1-10(2)23-17(22)11-6-5-7-12-14(11)15-16(21-12)13(8-19)20-9-18(15,3)4/h5-7,10,13,20-21H,8-9H2,1-4H3. The minimum Gasteiger partial charge on any atom is -0.459 e. The third-order valence-electron chi connectivity index (χ3n) is 4.39. The largest absolute Gasteiger partial charge is 0.459 e. The Balaban J connectivity index is 2.25. The smallest absolute Gasteiger partial charge is 0.339 e. The Bertz CT molecular complexity index is 749. The molecule has 1 aliphatic heterocycles. The molecule has 0 saturated carbocycles. The van der Waals surface area contributed by atoms with Crippen LogP contribution < -0.4 is 5.32 Å². The number of fused-ring (bicyclic) bond motifs is 3. The second-order valence-corrected chi connectivity index (χ2v) is 7.72. The van der Waals surface area contributed by atoms with Crippen molar-refractivity contribution in [2.24, 2.45) is 0 Å². The van der Waals surface area contributed by atoms with Crippen molar-refractivity contribution in [3.63, 3.8) is 0 Å². The molecular formula is C18H23BrN2O2. The lowest BCUT2D eigenvalue weighted by Crippen LogP contribution is -2.42. The molecule has 3 rings (SSSR count). The summed E-state index contributed by atoms with van der Waals surface area (Å²) in [6.45, 7) is 9.04. The van der Waals surface area contributed by atoms with Crippen LogP contribution in [0.3, 0.4) is 0 Å². The summed E-state index contributed by atoms with van der Waals surface area (Å²) in [6, 6.07) is 6.02. The van der Waals surface area contributed by atoms with E-state index in [0.717, 1.165) is 28.5 Å². The van der Waals surface area contributed by atoms with Crippen molar-refractivity contribution >= 4 is 32.8 Å². The quantitative estimate of drug-likeness (QED) is 0.625. The van der Waals surface area contributed by atoms with Crippen molar-refractivity contribution in [1.82, 2.24) is 10.3 Å². The highest BCUT2D eigenvalue weighted by atomic mass is 79.9. The molecule has 1 aliphatic rings. The van der Waals surface area contributed by atoms with Gasteiger partial charge in [0.1, 0.15) is 0 Å². The van der Waals surface area contributed by atoms with Gasteiger partial charge in [0, 0.05) is 33.9 Å². The van der Waals surface area contributed by atoms with E-state index in [1.165, 1.54) is 5.56 Å². The molecule has 0 saturated heterocycles. The monoisotopic (exact) mass is 378 g/mol. The van der Waals surface area contributed by atoms with Crippen LogP contribution in [0, 0.1) is 0 Å². The summed E-state index contributed by atoms with van der Waals surface area (Å²) < 4.78 is 5.45. The van der Waals surface area contributed by atoms with Crippen LogP contribution in [0.1, 0.15) is 55.4 Å². The Labute approximate surface area is 145 Å². The van der Waals surface area contributed by atoms with Crippen LogP contribution in [0.2, 0.25) is 0 Å². The van der Waals surface area contributed by atoms with Crippen LogP contribution in [0.15, 0.2) is 18.2 Å². The number of aromatic nitrogens is 1. The summed E-state index contributed by atoms with van der Waals surface area (Å²) >= 11 is 3.58. The number of hydrogen-bond donors (Lipinski definition) is 2. The fourth-order valence-electron chi connectivity index (χ4n) is 3.38. The maximum absolute atomic E-state index is 12.6. The van der Waals surface area contributed by atoms with Crippen molar-refractivity contribution in [3.05, 3.63) is 35.0 Å². The van der Waals surface area contributed by atoms with Gasteiger partial charge in [0.25, 0.3) is 0 Å². The summed E-state index contributed by atoms with van der Waals surface area (Å²) in [6.07, 6.45) is -0.127. The number of carbonyl (C=O) groups is 1. The molecule has 0 fully saturated rings. The van der Waals surface area contributed by atoms with Crippen LogP contribution in [-0.2, 0) is 10.2 Å². The average Bonchev–Trinajstić information content (AvgIpc) is 2.87. The molecule has 23 heavy (non-hydrogen) atoms. The third kappa shape index (κ3) is 2.81. The van der Waals surface area contributed by atoms with Crippen LogP contribution in [0.25, 0.3) is 10.9 Å². The number of carbonyl (C=O) groups excluding carboxylic acids is 1. The molecule has 1 aromatic heterocycles. The highest BCUT2D eigenvalue weighted by Gasteiger charge is 2.36. The van der Waals surface area contributed by atoms with Gasteiger partial charge in [0.2, 0.25) is 0 Å².